The zero-order chi connectivity index (χ0) is 14.3. The van der Waals surface area contributed by atoms with Crippen LogP contribution >= 0.6 is 24.8 Å². The lowest BCUT2D eigenvalue weighted by molar-refractivity contribution is -0.137. The lowest BCUT2D eigenvalue weighted by Gasteiger charge is -2.02. The van der Waals surface area contributed by atoms with Crippen LogP contribution in [0.15, 0.2) is 0 Å². The first-order chi connectivity index (χ1) is 9.13. The zero-order valence-corrected chi connectivity index (χ0v) is 13.6. The van der Waals surface area contributed by atoms with Crippen LogP contribution in [0, 0.1) is 0 Å². The molecule has 0 aromatic carbocycles. The quantitative estimate of drug-likeness (QED) is 0.256. The van der Waals surface area contributed by atoms with Crippen molar-refractivity contribution >= 4 is 35.0 Å². The molecule has 0 heterocycles. The summed E-state index contributed by atoms with van der Waals surface area (Å²) < 4.78 is 0.836. The van der Waals surface area contributed by atoms with Gasteiger partial charge in [-0.15, -0.1) is 12.6 Å². The third-order valence-electron chi connectivity index (χ3n) is 3.28. The van der Waals surface area contributed by atoms with Crippen molar-refractivity contribution in [1.29, 1.82) is 0 Å². The molecule has 0 aliphatic carbocycles. The maximum atomic E-state index is 10.3. The molecule has 112 valence electrons. The normalized spacial score (nSPS) is 10.6. The van der Waals surface area contributed by atoms with Gasteiger partial charge < -0.3 is 5.11 Å². The zero-order valence-electron chi connectivity index (χ0n) is 11.9. The van der Waals surface area contributed by atoms with E-state index in [4.69, 9.17) is 17.3 Å². The Kier molecular flexibility index (Phi) is 14.3. The lowest BCUT2D eigenvalue weighted by atomic mass is 10.0. The molecule has 4 heteroatoms. The minimum absolute atomic E-state index is 0.329. The Morgan fingerprint density at radius 2 is 1.05 bits per heavy atom. The van der Waals surface area contributed by atoms with Gasteiger partial charge in [0.25, 0.3) is 0 Å². The highest BCUT2D eigenvalue weighted by Crippen LogP contribution is 2.12. The smallest absolute Gasteiger partial charge is 0.303 e. The fraction of sp³-hybridized carbons (Fsp3) is 0.867. The molecule has 0 aliphatic heterocycles. The molecule has 0 unspecified atom stereocenters. The molecule has 0 radical (unpaired) electrons. The number of thiol groups is 1. The fourth-order valence-electron chi connectivity index (χ4n) is 2.14. The molecule has 19 heavy (non-hydrogen) atoms. The molecule has 0 rings (SSSR count). The van der Waals surface area contributed by atoms with Gasteiger partial charge in [-0.05, 0) is 19.3 Å². The monoisotopic (exact) mass is 304 g/mol. The summed E-state index contributed by atoms with van der Waals surface area (Å²) in [4.78, 5) is 10.3. The van der Waals surface area contributed by atoms with Crippen molar-refractivity contribution in [3.8, 4) is 0 Å². The number of hydrogen-bond acceptors (Lipinski definition) is 2. The Morgan fingerprint density at radius 1 is 0.737 bits per heavy atom. The van der Waals surface area contributed by atoms with Crippen molar-refractivity contribution < 1.29 is 9.90 Å². The molecule has 0 aromatic rings. The van der Waals surface area contributed by atoms with Gasteiger partial charge in [0, 0.05) is 10.6 Å². The van der Waals surface area contributed by atoms with Gasteiger partial charge >= 0.3 is 5.97 Å². The summed E-state index contributed by atoms with van der Waals surface area (Å²) in [6.45, 7) is 0. The van der Waals surface area contributed by atoms with Crippen LogP contribution < -0.4 is 0 Å². The average molecular weight is 305 g/mol. The minimum atomic E-state index is -0.668. The molecule has 0 bridgehead atoms. The van der Waals surface area contributed by atoms with Gasteiger partial charge in [-0.2, -0.15) is 0 Å². The van der Waals surface area contributed by atoms with E-state index in [1.165, 1.54) is 57.8 Å². The predicted octanol–water partition coefficient (Wildman–Crippen LogP) is 5.40. The van der Waals surface area contributed by atoms with Crippen LogP contribution in [0.5, 0.6) is 0 Å². The van der Waals surface area contributed by atoms with Crippen LogP contribution in [0.1, 0.15) is 83.5 Å². The highest BCUT2D eigenvalue weighted by atomic mass is 32.1. The molecule has 1 N–H and O–H groups in total. The number of rotatable bonds is 14. The van der Waals surface area contributed by atoms with Crippen molar-refractivity contribution in [3.05, 3.63) is 0 Å². The molecule has 0 aromatic heterocycles. The number of carbonyl (C=O) groups is 1. The van der Waals surface area contributed by atoms with Crippen LogP contribution in [0.25, 0.3) is 0 Å². The summed E-state index contributed by atoms with van der Waals surface area (Å²) in [5.41, 5.74) is 0. The van der Waals surface area contributed by atoms with E-state index >= 15 is 0 Å². The van der Waals surface area contributed by atoms with Crippen molar-refractivity contribution in [2.24, 2.45) is 0 Å². The molecule has 0 aliphatic rings. The third-order valence-corrected chi connectivity index (χ3v) is 3.71. The van der Waals surface area contributed by atoms with E-state index in [1.54, 1.807) is 0 Å². The predicted molar refractivity (Wildman–Crippen MR) is 89.2 cm³/mol. The highest BCUT2D eigenvalue weighted by molar-refractivity contribution is 8.11. The van der Waals surface area contributed by atoms with Crippen LogP contribution in [-0.2, 0) is 4.79 Å². The van der Waals surface area contributed by atoms with Crippen molar-refractivity contribution in [3.63, 3.8) is 0 Å². The Bertz CT molecular complexity index is 218. The second kappa shape index (κ2) is 14.3. The second-order valence-electron chi connectivity index (χ2n) is 5.18. The Hall–Kier alpha value is -0.0900. The minimum Gasteiger partial charge on any atom is -0.481 e. The summed E-state index contributed by atoms with van der Waals surface area (Å²) in [7, 11) is 0. The molecule has 0 amide bonds. The van der Waals surface area contributed by atoms with Gasteiger partial charge in [-0.25, -0.2) is 0 Å². The van der Waals surface area contributed by atoms with Gasteiger partial charge in [0.2, 0.25) is 0 Å². The van der Waals surface area contributed by atoms with Crippen LogP contribution in [0.3, 0.4) is 0 Å². The Morgan fingerprint density at radius 3 is 1.37 bits per heavy atom. The molecule has 0 fully saturated rings. The SMILES string of the molecule is O=C(O)CCCCCCCCCCCCCC(=S)S. The molecular weight excluding hydrogens is 276 g/mol. The maximum Gasteiger partial charge on any atom is 0.303 e. The summed E-state index contributed by atoms with van der Waals surface area (Å²) in [6.07, 6.45) is 14.7. The largest absolute Gasteiger partial charge is 0.481 e. The Balaban J connectivity index is 2.99. The molecule has 0 saturated carbocycles. The topological polar surface area (TPSA) is 37.3 Å². The van der Waals surface area contributed by atoms with Crippen molar-refractivity contribution in [1.82, 2.24) is 0 Å². The highest BCUT2D eigenvalue weighted by Gasteiger charge is 1.97. The Labute approximate surface area is 128 Å². The first-order valence-electron chi connectivity index (χ1n) is 7.56. The average Bonchev–Trinajstić information content (AvgIpc) is 2.34. The standard InChI is InChI=1S/C15H28O2S2/c16-14(17)12-10-8-6-4-2-1-3-5-7-9-11-13-15(18)19/h1-13H2,(H,16,17)(H,18,19). The fourth-order valence-corrected chi connectivity index (χ4v) is 2.45. The third kappa shape index (κ3) is 17.9. The van der Waals surface area contributed by atoms with Crippen LogP contribution in [-0.4, -0.2) is 15.3 Å². The number of carboxylic acid groups (broad SMARTS) is 1. The molecular formula is C15H28O2S2. The number of hydrogen-bond donors (Lipinski definition) is 2. The van der Waals surface area contributed by atoms with Crippen LogP contribution in [0.4, 0.5) is 0 Å². The van der Waals surface area contributed by atoms with Gasteiger partial charge in [0.05, 0.1) is 0 Å². The first kappa shape index (κ1) is 18.9. The first-order valence-corrected chi connectivity index (χ1v) is 8.42. The summed E-state index contributed by atoms with van der Waals surface area (Å²) >= 11 is 9.03. The lowest BCUT2D eigenvalue weighted by Crippen LogP contribution is -1.93. The molecule has 2 nitrogen and oxygen atoms in total. The van der Waals surface area contributed by atoms with E-state index in [-0.39, 0.29) is 0 Å². The molecule has 0 atom stereocenters. The van der Waals surface area contributed by atoms with E-state index in [1.807, 2.05) is 0 Å². The number of thiocarbonyl (C=S) groups is 1. The van der Waals surface area contributed by atoms with E-state index in [2.05, 4.69) is 12.6 Å². The number of aliphatic carboxylic acids is 1. The van der Waals surface area contributed by atoms with Crippen LogP contribution in [0.2, 0.25) is 0 Å². The summed E-state index contributed by atoms with van der Waals surface area (Å²) in [5, 5.41) is 8.49. The van der Waals surface area contributed by atoms with Crippen molar-refractivity contribution in [2.75, 3.05) is 0 Å². The molecule has 0 spiro atoms. The second-order valence-corrected chi connectivity index (χ2v) is 6.51. The van der Waals surface area contributed by atoms with E-state index in [0.29, 0.717) is 6.42 Å². The summed E-state index contributed by atoms with van der Waals surface area (Å²) in [5.74, 6) is -0.668. The van der Waals surface area contributed by atoms with Gasteiger partial charge in [-0.3, -0.25) is 4.79 Å². The van der Waals surface area contributed by atoms with E-state index in [0.717, 1.165) is 23.5 Å². The van der Waals surface area contributed by atoms with Gasteiger partial charge in [-0.1, -0.05) is 70.0 Å². The van der Waals surface area contributed by atoms with Crippen molar-refractivity contribution in [2.45, 2.75) is 83.5 Å². The van der Waals surface area contributed by atoms with E-state index in [9.17, 15) is 4.79 Å². The maximum absolute atomic E-state index is 10.3. The van der Waals surface area contributed by atoms with Gasteiger partial charge in [0.15, 0.2) is 0 Å². The summed E-state index contributed by atoms with van der Waals surface area (Å²) in [6, 6.07) is 0. The molecule has 0 saturated heterocycles. The number of unbranched alkanes of at least 4 members (excludes halogenated alkanes) is 10. The number of carboxylic acids is 1. The van der Waals surface area contributed by atoms with Gasteiger partial charge in [0.1, 0.15) is 0 Å². The van der Waals surface area contributed by atoms with E-state index < -0.39 is 5.97 Å².